The van der Waals surface area contributed by atoms with Crippen LogP contribution in [0.4, 0.5) is 11.4 Å². The van der Waals surface area contributed by atoms with Crippen molar-refractivity contribution in [2.45, 2.75) is 11.8 Å². The van der Waals surface area contributed by atoms with E-state index in [1.807, 2.05) is 0 Å². The molecule has 0 aromatic heterocycles. The van der Waals surface area contributed by atoms with Gasteiger partial charge >= 0.3 is 0 Å². The zero-order valence-electron chi connectivity index (χ0n) is 17.1. The molecule has 31 heavy (non-hydrogen) atoms. The minimum atomic E-state index is -3.90. The molecule has 0 heterocycles. The Kier molecular flexibility index (Phi) is 6.72. The Balaban J connectivity index is 1.88. The Hall–Kier alpha value is -3.23. The zero-order valence-corrected chi connectivity index (χ0v) is 18.7. The minimum absolute atomic E-state index is 0.0356. The van der Waals surface area contributed by atoms with Crippen LogP contribution in [0.2, 0.25) is 5.02 Å². The second-order valence-electron chi connectivity index (χ2n) is 6.65. The van der Waals surface area contributed by atoms with Gasteiger partial charge in [-0.2, -0.15) is 0 Å². The number of ether oxygens (including phenoxy) is 2. The molecule has 0 spiro atoms. The molecule has 0 bridgehead atoms. The van der Waals surface area contributed by atoms with E-state index in [1.165, 1.54) is 26.4 Å². The van der Waals surface area contributed by atoms with Crippen molar-refractivity contribution in [1.29, 1.82) is 0 Å². The molecular formula is C22H21ClN2O5S. The van der Waals surface area contributed by atoms with Gasteiger partial charge in [-0.1, -0.05) is 23.7 Å². The number of halogens is 1. The van der Waals surface area contributed by atoms with E-state index in [0.717, 1.165) is 0 Å². The van der Waals surface area contributed by atoms with Crippen molar-refractivity contribution in [2.24, 2.45) is 0 Å². The van der Waals surface area contributed by atoms with Gasteiger partial charge in [0.2, 0.25) is 0 Å². The van der Waals surface area contributed by atoms with Gasteiger partial charge in [0.05, 0.1) is 24.8 Å². The first kappa shape index (κ1) is 22.5. The maximum Gasteiger partial charge on any atom is 0.262 e. The van der Waals surface area contributed by atoms with Crippen LogP contribution in [-0.2, 0) is 10.0 Å². The summed E-state index contributed by atoms with van der Waals surface area (Å²) in [4.78, 5) is 12.8. The topological polar surface area (TPSA) is 93.7 Å². The summed E-state index contributed by atoms with van der Waals surface area (Å²) < 4.78 is 38.7. The maximum atomic E-state index is 12.9. The smallest absolute Gasteiger partial charge is 0.262 e. The van der Waals surface area contributed by atoms with E-state index < -0.39 is 15.9 Å². The number of hydrogen-bond acceptors (Lipinski definition) is 5. The fourth-order valence-electron chi connectivity index (χ4n) is 2.87. The summed E-state index contributed by atoms with van der Waals surface area (Å²) in [5, 5.41) is 3.12. The summed E-state index contributed by atoms with van der Waals surface area (Å²) in [5.74, 6) is 0.483. The van der Waals surface area contributed by atoms with Crippen molar-refractivity contribution in [2.75, 3.05) is 24.3 Å². The number of aryl methyl sites for hydroxylation is 1. The van der Waals surface area contributed by atoms with Crippen LogP contribution in [-0.4, -0.2) is 28.5 Å². The third kappa shape index (κ3) is 5.48. The fourth-order valence-corrected chi connectivity index (χ4v) is 4.38. The van der Waals surface area contributed by atoms with Gasteiger partial charge in [0.25, 0.3) is 15.9 Å². The Morgan fingerprint density at radius 3 is 2.19 bits per heavy atom. The second-order valence-corrected chi connectivity index (χ2v) is 8.74. The first-order chi connectivity index (χ1) is 14.7. The van der Waals surface area contributed by atoms with E-state index in [1.54, 1.807) is 55.5 Å². The Morgan fingerprint density at radius 2 is 1.58 bits per heavy atom. The van der Waals surface area contributed by atoms with Gasteiger partial charge in [0.1, 0.15) is 11.5 Å². The highest BCUT2D eigenvalue weighted by atomic mass is 35.5. The van der Waals surface area contributed by atoms with E-state index in [-0.39, 0.29) is 4.90 Å². The molecule has 0 saturated heterocycles. The van der Waals surface area contributed by atoms with Crippen LogP contribution in [0.5, 0.6) is 11.5 Å². The lowest BCUT2D eigenvalue weighted by Gasteiger charge is -2.13. The predicted octanol–water partition coefficient (Wildman–Crippen LogP) is 4.72. The lowest BCUT2D eigenvalue weighted by molar-refractivity contribution is 0.102. The molecule has 1 amide bonds. The van der Waals surface area contributed by atoms with Gasteiger partial charge < -0.3 is 14.8 Å². The average Bonchev–Trinajstić information content (AvgIpc) is 2.74. The van der Waals surface area contributed by atoms with Crippen molar-refractivity contribution in [3.8, 4) is 11.5 Å². The molecule has 0 unspecified atom stereocenters. The number of rotatable bonds is 7. The van der Waals surface area contributed by atoms with Gasteiger partial charge in [-0.3, -0.25) is 9.52 Å². The highest BCUT2D eigenvalue weighted by molar-refractivity contribution is 7.92. The van der Waals surface area contributed by atoms with Crippen LogP contribution >= 0.6 is 11.6 Å². The summed E-state index contributed by atoms with van der Waals surface area (Å²) in [6.07, 6.45) is 0. The molecule has 0 atom stereocenters. The zero-order chi connectivity index (χ0) is 22.6. The third-order valence-electron chi connectivity index (χ3n) is 4.43. The SMILES string of the molecule is COc1cc(OC)cc(C(=O)Nc2ccc(C)c(S(=O)(=O)Nc3cccc(Cl)c3)c2)c1. The monoisotopic (exact) mass is 460 g/mol. The van der Waals surface area contributed by atoms with Crippen molar-refractivity contribution in [3.63, 3.8) is 0 Å². The molecule has 2 N–H and O–H groups in total. The Morgan fingerprint density at radius 1 is 0.903 bits per heavy atom. The van der Waals surface area contributed by atoms with Crippen LogP contribution in [0.1, 0.15) is 15.9 Å². The predicted molar refractivity (Wildman–Crippen MR) is 121 cm³/mol. The summed E-state index contributed by atoms with van der Waals surface area (Å²) in [6.45, 7) is 1.67. The van der Waals surface area contributed by atoms with Gasteiger partial charge in [0, 0.05) is 22.3 Å². The Bertz CT molecular complexity index is 1210. The van der Waals surface area contributed by atoms with Gasteiger partial charge in [-0.15, -0.1) is 0 Å². The highest BCUT2D eigenvalue weighted by Crippen LogP contribution is 2.26. The van der Waals surface area contributed by atoms with Gasteiger partial charge in [-0.25, -0.2) is 8.42 Å². The molecule has 0 radical (unpaired) electrons. The van der Waals surface area contributed by atoms with Crippen LogP contribution in [0.25, 0.3) is 0 Å². The molecule has 0 aliphatic carbocycles. The lowest BCUT2D eigenvalue weighted by Crippen LogP contribution is -2.16. The van der Waals surface area contributed by atoms with E-state index in [2.05, 4.69) is 10.0 Å². The average molecular weight is 461 g/mol. The number of amides is 1. The molecule has 0 fully saturated rings. The van der Waals surface area contributed by atoms with Crippen LogP contribution in [0, 0.1) is 6.92 Å². The van der Waals surface area contributed by atoms with Crippen LogP contribution in [0.3, 0.4) is 0 Å². The number of sulfonamides is 1. The molecule has 3 aromatic rings. The number of benzene rings is 3. The summed E-state index contributed by atoms with van der Waals surface area (Å²) in [5.41, 5.74) is 1.49. The van der Waals surface area contributed by atoms with Crippen molar-refractivity contribution in [3.05, 3.63) is 76.8 Å². The van der Waals surface area contributed by atoms with E-state index in [0.29, 0.717) is 39.0 Å². The molecule has 9 heteroatoms. The number of anilines is 2. The van der Waals surface area contributed by atoms with Crippen molar-refractivity contribution >= 4 is 38.9 Å². The molecular weight excluding hydrogens is 440 g/mol. The Labute approximate surface area is 186 Å². The van der Waals surface area contributed by atoms with Gasteiger partial charge in [0.15, 0.2) is 0 Å². The van der Waals surface area contributed by atoms with E-state index in [9.17, 15) is 13.2 Å². The fraction of sp³-hybridized carbons (Fsp3) is 0.136. The third-order valence-corrected chi connectivity index (χ3v) is 6.18. The molecule has 0 aliphatic heterocycles. The number of carbonyl (C=O) groups excluding carboxylic acids is 1. The van der Waals surface area contributed by atoms with Crippen molar-refractivity contribution in [1.82, 2.24) is 0 Å². The maximum absolute atomic E-state index is 12.9. The quantitative estimate of drug-likeness (QED) is 0.532. The molecule has 0 saturated carbocycles. The number of methoxy groups -OCH3 is 2. The van der Waals surface area contributed by atoms with Crippen molar-refractivity contribution < 1.29 is 22.7 Å². The highest BCUT2D eigenvalue weighted by Gasteiger charge is 2.19. The summed E-state index contributed by atoms with van der Waals surface area (Å²) >= 11 is 5.93. The standard InChI is InChI=1S/C22H21ClN2O5S/c1-14-7-8-17(24-22(26)15-9-19(29-2)13-20(10-15)30-3)12-21(14)31(27,28)25-18-6-4-5-16(23)11-18/h4-13,25H,1-3H3,(H,24,26). The number of hydrogen-bond donors (Lipinski definition) is 2. The first-order valence-corrected chi connectivity index (χ1v) is 11.0. The van der Waals surface area contributed by atoms with Crippen LogP contribution in [0.15, 0.2) is 65.6 Å². The second kappa shape index (κ2) is 9.28. The van der Waals surface area contributed by atoms with E-state index in [4.69, 9.17) is 21.1 Å². The van der Waals surface area contributed by atoms with Gasteiger partial charge in [-0.05, 0) is 55.0 Å². The molecule has 7 nitrogen and oxygen atoms in total. The number of carbonyl (C=O) groups is 1. The first-order valence-electron chi connectivity index (χ1n) is 9.15. The van der Waals surface area contributed by atoms with E-state index >= 15 is 0 Å². The molecule has 3 aromatic carbocycles. The van der Waals surface area contributed by atoms with Crippen LogP contribution < -0.4 is 19.5 Å². The molecule has 0 aliphatic rings. The minimum Gasteiger partial charge on any atom is -0.497 e. The molecule has 3 rings (SSSR count). The number of nitrogens with one attached hydrogen (secondary N) is 2. The largest absolute Gasteiger partial charge is 0.497 e. The summed E-state index contributed by atoms with van der Waals surface area (Å²) in [6, 6.07) is 15.8. The summed E-state index contributed by atoms with van der Waals surface area (Å²) in [7, 11) is -0.932. The lowest BCUT2D eigenvalue weighted by atomic mass is 10.1. The normalized spacial score (nSPS) is 11.0. The molecule has 162 valence electrons.